The molecule has 4 nitrogen and oxygen atoms in total. The molecular weight excluding hydrogens is 214 g/mol. The van der Waals surface area contributed by atoms with Crippen LogP contribution in [0.25, 0.3) is 0 Å². The average molecular weight is 231 g/mol. The minimum absolute atomic E-state index is 0.277. The fraction of sp³-hybridized carbons (Fsp3) is 0.462. The SMILES string of the molecule is CCC1CN(c2ccc(C#N)cc2N)CCO1. The fourth-order valence-electron chi connectivity index (χ4n) is 2.10. The third kappa shape index (κ3) is 2.51. The molecule has 90 valence electrons. The second-order valence-electron chi connectivity index (χ2n) is 4.23. The highest BCUT2D eigenvalue weighted by Gasteiger charge is 2.20. The topological polar surface area (TPSA) is 62.3 Å². The highest BCUT2D eigenvalue weighted by molar-refractivity contribution is 5.69. The normalized spacial score (nSPS) is 20.0. The van der Waals surface area contributed by atoms with Crippen molar-refractivity contribution < 1.29 is 4.74 Å². The van der Waals surface area contributed by atoms with Crippen molar-refractivity contribution in [1.82, 2.24) is 0 Å². The lowest BCUT2D eigenvalue weighted by molar-refractivity contribution is 0.0385. The van der Waals surface area contributed by atoms with E-state index >= 15 is 0 Å². The van der Waals surface area contributed by atoms with Crippen LogP contribution in [0, 0.1) is 11.3 Å². The molecule has 2 rings (SSSR count). The monoisotopic (exact) mass is 231 g/mol. The number of nitrogens with zero attached hydrogens (tertiary/aromatic N) is 2. The summed E-state index contributed by atoms with van der Waals surface area (Å²) in [6.45, 7) is 4.58. The van der Waals surface area contributed by atoms with Crippen LogP contribution in [0.5, 0.6) is 0 Å². The van der Waals surface area contributed by atoms with Crippen molar-refractivity contribution in [2.45, 2.75) is 19.4 Å². The number of nitrogen functional groups attached to an aromatic ring is 1. The summed E-state index contributed by atoms with van der Waals surface area (Å²) < 4.78 is 5.63. The van der Waals surface area contributed by atoms with Gasteiger partial charge in [0.05, 0.1) is 35.7 Å². The molecule has 0 radical (unpaired) electrons. The molecular formula is C13H17N3O. The Balaban J connectivity index is 2.19. The molecule has 0 aromatic heterocycles. The predicted molar refractivity (Wildman–Crippen MR) is 67.8 cm³/mol. The van der Waals surface area contributed by atoms with Gasteiger partial charge < -0.3 is 15.4 Å². The minimum Gasteiger partial charge on any atom is -0.397 e. The highest BCUT2D eigenvalue weighted by Crippen LogP contribution is 2.26. The van der Waals surface area contributed by atoms with Crippen molar-refractivity contribution in [2.24, 2.45) is 0 Å². The van der Waals surface area contributed by atoms with Gasteiger partial charge in [-0.15, -0.1) is 0 Å². The van der Waals surface area contributed by atoms with Crippen molar-refractivity contribution in [2.75, 3.05) is 30.3 Å². The molecule has 1 aliphatic heterocycles. The Hall–Kier alpha value is -1.73. The summed E-state index contributed by atoms with van der Waals surface area (Å²) in [7, 11) is 0. The van der Waals surface area contributed by atoms with Crippen molar-refractivity contribution >= 4 is 11.4 Å². The van der Waals surface area contributed by atoms with Crippen molar-refractivity contribution in [1.29, 1.82) is 5.26 Å². The van der Waals surface area contributed by atoms with Gasteiger partial charge in [-0.2, -0.15) is 5.26 Å². The Bertz CT molecular complexity index is 439. The Morgan fingerprint density at radius 1 is 1.59 bits per heavy atom. The van der Waals surface area contributed by atoms with Crippen LogP contribution in [0.4, 0.5) is 11.4 Å². The molecule has 1 saturated heterocycles. The van der Waals surface area contributed by atoms with Gasteiger partial charge in [0.15, 0.2) is 0 Å². The molecule has 0 spiro atoms. The van der Waals surface area contributed by atoms with Crippen molar-refractivity contribution in [3.8, 4) is 6.07 Å². The predicted octanol–water partition coefficient (Wildman–Crippen LogP) is 1.76. The van der Waals surface area contributed by atoms with E-state index in [1.165, 1.54) is 0 Å². The molecule has 0 bridgehead atoms. The number of anilines is 2. The molecule has 1 fully saturated rings. The van der Waals surface area contributed by atoms with Gasteiger partial charge in [0.2, 0.25) is 0 Å². The summed E-state index contributed by atoms with van der Waals surface area (Å²) in [5.74, 6) is 0. The molecule has 0 aliphatic carbocycles. The van der Waals surface area contributed by atoms with Crippen LogP contribution in [0.3, 0.4) is 0 Å². The molecule has 1 aliphatic rings. The minimum atomic E-state index is 0.277. The summed E-state index contributed by atoms with van der Waals surface area (Å²) in [5.41, 5.74) is 8.26. The lowest BCUT2D eigenvalue weighted by Gasteiger charge is -2.34. The molecule has 0 saturated carbocycles. The van der Waals surface area contributed by atoms with Gasteiger partial charge >= 0.3 is 0 Å². The van der Waals surface area contributed by atoms with Crippen molar-refractivity contribution in [3.05, 3.63) is 23.8 Å². The maximum absolute atomic E-state index is 8.80. The molecule has 1 unspecified atom stereocenters. The number of hydrogen-bond acceptors (Lipinski definition) is 4. The first-order valence-electron chi connectivity index (χ1n) is 5.90. The van der Waals surface area contributed by atoms with Crippen LogP contribution in [-0.4, -0.2) is 25.8 Å². The zero-order valence-corrected chi connectivity index (χ0v) is 10.0. The zero-order valence-electron chi connectivity index (χ0n) is 10.0. The van der Waals surface area contributed by atoms with E-state index in [0.29, 0.717) is 11.3 Å². The van der Waals surface area contributed by atoms with Gasteiger partial charge in [0, 0.05) is 13.1 Å². The summed E-state index contributed by atoms with van der Waals surface area (Å²) in [6.07, 6.45) is 1.28. The smallest absolute Gasteiger partial charge is 0.0992 e. The summed E-state index contributed by atoms with van der Waals surface area (Å²) in [5, 5.41) is 8.80. The van der Waals surface area contributed by atoms with E-state index < -0.39 is 0 Å². The van der Waals surface area contributed by atoms with Gasteiger partial charge in [0.25, 0.3) is 0 Å². The number of nitriles is 1. The number of ether oxygens (including phenoxy) is 1. The van der Waals surface area contributed by atoms with Gasteiger partial charge in [-0.3, -0.25) is 0 Å². The Morgan fingerprint density at radius 2 is 2.41 bits per heavy atom. The van der Waals surface area contributed by atoms with Gasteiger partial charge in [0.1, 0.15) is 0 Å². The quantitative estimate of drug-likeness (QED) is 0.788. The van der Waals surface area contributed by atoms with Crippen LogP contribution in [0.2, 0.25) is 0 Å². The molecule has 4 heteroatoms. The first-order valence-corrected chi connectivity index (χ1v) is 5.90. The van der Waals surface area contributed by atoms with E-state index in [4.69, 9.17) is 15.7 Å². The maximum Gasteiger partial charge on any atom is 0.0992 e. The second-order valence-corrected chi connectivity index (χ2v) is 4.23. The van der Waals surface area contributed by atoms with Crippen molar-refractivity contribution in [3.63, 3.8) is 0 Å². The van der Waals surface area contributed by atoms with Gasteiger partial charge in [-0.1, -0.05) is 6.92 Å². The molecule has 1 aromatic rings. The third-order valence-electron chi connectivity index (χ3n) is 3.09. The molecule has 0 amide bonds. The standard InChI is InChI=1S/C13H17N3O/c1-2-11-9-16(5-6-17-11)13-4-3-10(8-14)7-12(13)15/h3-4,7,11H,2,5-6,9,15H2,1H3. The number of nitrogens with two attached hydrogens (primary N) is 1. The Labute approximate surface area is 102 Å². The van der Waals surface area contributed by atoms with E-state index in [1.807, 2.05) is 12.1 Å². The van der Waals surface area contributed by atoms with Crippen LogP contribution < -0.4 is 10.6 Å². The Morgan fingerprint density at radius 3 is 3.06 bits per heavy atom. The summed E-state index contributed by atoms with van der Waals surface area (Å²) in [4.78, 5) is 2.23. The van der Waals surface area contributed by atoms with Crippen LogP contribution in [0.15, 0.2) is 18.2 Å². The maximum atomic E-state index is 8.80. The molecule has 1 aromatic carbocycles. The lowest BCUT2D eigenvalue weighted by Crippen LogP contribution is -2.42. The Kier molecular flexibility index (Phi) is 3.50. The van der Waals surface area contributed by atoms with E-state index in [-0.39, 0.29) is 6.10 Å². The summed E-state index contributed by atoms with van der Waals surface area (Å²) >= 11 is 0. The molecule has 17 heavy (non-hydrogen) atoms. The van der Waals surface area contributed by atoms with E-state index in [0.717, 1.165) is 31.8 Å². The van der Waals surface area contributed by atoms with Gasteiger partial charge in [-0.05, 0) is 24.6 Å². The number of hydrogen-bond donors (Lipinski definition) is 1. The zero-order chi connectivity index (χ0) is 12.3. The summed E-state index contributed by atoms with van der Waals surface area (Å²) in [6, 6.07) is 7.55. The number of benzene rings is 1. The van der Waals surface area contributed by atoms with Crippen LogP contribution >= 0.6 is 0 Å². The van der Waals surface area contributed by atoms with Gasteiger partial charge in [-0.25, -0.2) is 0 Å². The highest BCUT2D eigenvalue weighted by atomic mass is 16.5. The molecule has 2 N–H and O–H groups in total. The first-order chi connectivity index (χ1) is 8.24. The lowest BCUT2D eigenvalue weighted by atomic mass is 10.1. The van der Waals surface area contributed by atoms with Crippen LogP contribution in [-0.2, 0) is 4.74 Å². The van der Waals surface area contributed by atoms with E-state index in [1.54, 1.807) is 6.07 Å². The van der Waals surface area contributed by atoms with E-state index in [2.05, 4.69) is 17.9 Å². The molecule has 1 heterocycles. The average Bonchev–Trinajstić information content (AvgIpc) is 2.38. The van der Waals surface area contributed by atoms with Crippen LogP contribution in [0.1, 0.15) is 18.9 Å². The second kappa shape index (κ2) is 5.07. The number of morpholine rings is 1. The molecule has 1 atom stereocenters. The number of rotatable bonds is 2. The largest absolute Gasteiger partial charge is 0.397 e. The van der Waals surface area contributed by atoms with E-state index in [9.17, 15) is 0 Å². The third-order valence-corrected chi connectivity index (χ3v) is 3.09. The fourth-order valence-corrected chi connectivity index (χ4v) is 2.10. The first kappa shape index (κ1) is 11.7.